The van der Waals surface area contributed by atoms with Gasteiger partial charge in [0.15, 0.2) is 0 Å². The Bertz CT molecular complexity index is 1160. The Labute approximate surface area is 213 Å². The van der Waals surface area contributed by atoms with Crippen LogP contribution in [0.1, 0.15) is 30.4 Å². The molecule has 2 aromatic rings. The van der Waals surface area contributed by atoms with Gasteiger partial charge in [0.1, 0.15) is 16.5 Å². The second-order valence-electron chi connectivity index (χ2n) is 8.80. The summed E-state index contributed by atoms with van der Waals surface area (Å²) in [5.74, 6) is 3.79. The van der Waals surface area contributed by atoms with Gasteiger partial charge in [0.05, 0.1) is 12.1 Å². The molecule has 0 radical (unpaired) electrons. The van der Waals surface area contributed by atoms with Crippen LogP contribution in [0.3, 0.4) is 0 Å². The molecule has 6 nitrogen and oxygen atoms in total. The van der Waals surface area contributed by atoms with Crippen LogP contribution >= 0.6 is 39.3 Å². The van der Waals surface area contributed by atoms with Crippen molar-refractivity contribution in [2.75, 3.05) is 36.6 Å². The number of hydrogen-bond donors (Lipinski definition) is 0. The average Bonchev–Trinajstić information content (AvgIpc) is 3.65. The minimum Gasteiger partial charge on any atom is -0.496 e. The van der Waals surface area contributed by atoms with Crippen molar-refractivity contribution in [1.82, 2.24) is 9.29 Å². The molecule has 1 saturated carbocycles. The molecular weight excluding hydrogens is 546 g/mol. The number of rotatable bonds is 5. The summed E-state index contributed by atoms with van der Waals surface area (Å²) < 4.78 is 35.5. The molecule has 3 aliphatic rings. The predicted octanol–water partition coefficient (Wildman–Crippen LogP) is 4.98. The zero-order valence-electron chi connectivity index (χ0n) is 18.5. The standard InChI is InChI=1S/C23H27BrClN3O3S2/c1-31-22-6-5-19(24)17-7-9-27(13-18(17)22)23-20(25)11-16(12-26-23)33(29,30)28-8-2-10-32-14-21(28)15-3-4-15/h5-6,11-12,15,21H,2-4,7-10,13-14H2,1H3. The SMILES string of the molecule is COc1ccc(Br)c2c1CN(c1ncc(S(=O)(=O)N3CCCSCC3C3CC3)cc1Cl)CC2. The molecule has 0 amide bonds. The van der Waals surface area contributed by atoms with E-state index in [1.54, 1.807) is 17.5 Å². The van der Waals surface area contributed by atoms with E-state index in [4.69, 9.17) is 16.3 Å². The highest BCUT2D eigenvalue weighted by Gasteiger charge is 2.42. The van der Waals surface area contributed by atoms with E-state index in [1.807, 2.05) is 23.9 Å². The predicted molar refractivity (Wildman–Crippen MR) is 137 cm³/mol. The van der Waals surface area contributed by atoms with E-state index in [0.717, 1.165) is 59.5 Å². The highest BCUT2D eigenvalue weighted by molar-refractivity contribution is 9.10. The summed E-state index contributed by atoms with van der Waals surface area (Å²) in [7, 11) is -1.98. The number of methoxy groups -OCH3 is 1. The highest BCUT2D eigenvalue weighted by Crippen LogP contribution is 2.41. The lowest BCUT2D eigenvalue weighted by Gasteiger charge is -2.32. The van der Waals surface area contributed by atoms with E-state index in [9.17, 15) is 8.42 Å². The lowest BCUT2D eigenvalue weighted by atomic mass is 9.98. The van der Waals surface area contributed by atoms with Crippen LogP contribution in [0.25, 0.3) is 0 Å². The second kappa shape index (κ2) is 9.57. The maximum atomic E-state index is 13.6. The number of halogens is 2. The summed E-state index contributed by atoms with van der Waals surface area (Å²) >= 11 is 12.2. The van der Waals surface area contributed by atoms with Gasteiger partial charge in [-0.1, -0.05) is 27.5 Å². The number of sulfonamides is 1. The van der Waals surface area contributed by atoms with Crippen LogP contribution < -0.4 is 9.64 Å². The van der Waals surface area contributed by atoms with Gasteiger partial charge < -0.3 is 9.64 Å². The quantitative estimate of drug-likeness (QED) is 0.504. The molecule has 1 unspecified atom stereocenters. The van der Waals surface area contributed by atoms with Gasteiger partial charge in [-0.25, -0.2) is 13.4 Å². The Kier molecular flexibility index (Phi) is 6.88. The Morgan fingerprint density at radius 3 is 2.79 bits per heavy atom. The van der Waals surface area contributed by atoms with Crippen LogP contribution in [-0.4, -0.2) is 55.5 Å². The molecule has 10 heteroatoms. The molecular formula is C23H27BrClN3O3S2. The molecule has 1 saturated heterocycles. The molecule has 1 aliphatic carbocycles. The number of ether oxygens (including phenoxy) is 1. The van der Waals surface area contributed by atoms with E-state index < -0.39 is 10.0 Å². The summed E-state index contributed by atoms with van der Waals surface area (Å²) in [6.45, 7) is 1.90. The Hall–Kier alpha value is -1.00. The molecule has 178 valence electrons. The van der Waals surface area contributed by atoms with Crippen molar-refractivity contribution < 1.29 is 13.2 Å². The summed E-state index contributed by atoms with van der Waals surface area (Å²) in [5, 5.41) is 0.362. The first kappa shape index (κ1) is 23.7. The molecule has 5 rings (SSSR count). The maximum Gasteiger partial charge on any atom is 0.244 e. The van der Waals surface area contributed by atoms with Gasteiger partial charge in [-0.15, -0.1) is 0 Å². The number of hydrogen-bond acceptors (Lipinski definition) is 6. The molecule has 2 fully saturated rings. The molecule has 0 bridgehead atoms. The van der Waals surface area contributed by atoms with Gasteiger partial charge in [-0.3, -0.25) is 0 Å². The van der Waals surface area contributed by atoms with Crippen LogP contribution in [0.5, 0.6) is 5.75 Å². The number of benzene rings is 1. The Morgan fingerprint density at radius 1 is 1.24 bits per heavy atom. The Morgan fingerprint density at radius 2 is 2.06 bits per heavy atom. The van der Waals surface area contributed by atoms with Crippen molar-refractivity contribution in [2.45, 2.75) is 43.2 Å². The fraction of sp³-hybridized carbons (Fsp3) is 0.522. The van der Waals surface area contributed by atoms with E-state index >= 15 is 0 Å². The molecule has 2 aliphatic heterocycles. The van der Waals surface area contributed by atoms with Crippen LogP contribution in [0.15, 0.2) is 33.8 Å². The molecule has 33 heavy (non-hydrogen) atoms. The third kappa shape index (κ3) is 4.63. The minimum atomic E-state index is -3.65. The highest BCUT2D eigenvalue weighted by atomic mass is 79.9. The smallest absolute Gasteiger partial charge is 0.244 e. The normalized spacial score (nSPS) is 22.0. The second-order valence-corrected chi connectivity index (χ2v) is 13.1. The lowest BCUT2D eigenvalue weighted by Crippen LogP contribution is -2.42. The maximum absolute atomic E-state index is 13.6. The van der Waals surface area contributed by atoms with Crippen molar-refractivity contribution in [3.05, 3.63) is 45.0 Å². The van der Waals surface area contributed by atoms with Crippen molar-refractivity contribution in [3.8, 4) is 5.75 Å². The van der Waals surface area contributed by atoms with E-state index in [2.05, 4.69) is 25.8 Å². The molecule has 0 spiro atoms. The number of anilines is 1. The fourth-order valence-electron chi connectivity index (χ4n) is 4.82. The number of thioether (sulfide) groups is 1. The number of fused-ring (bicyclic) bond motifs is 1. The zero-order valence-corrected chi connectivity index (χ0v) is 22.4. The summed E-state index contributed by atoms with van der Waals surface area (Å²) in [6, 6.07) is 5.61. The van der Waals surface area contributed by atoms with E-state index in [-0.39, 0.29) is 10.9 Å². The molecule has 1 aromatic carbocycles. The summed E-state index contributed by atoms with van der Waals surface area (Å²) in [4.78, 5) is 6.83. The minimum absolute atomic E-state index is 0.0745. The monoisotopic (exact) mass is 571 g/mol. The molecule has 1 aromatic heterocycles. The largest absolute Gasteiger partial charge is 0.496 e. The van der Waals surface area contributed by atoms with E-state index in [0.29, 0.717) is 29.8 Å². The average molecular weight is 573 g/mol. The van der Waals surface area contributed by atoms with Crippen molar-refractivity contribution >= 4 is 55.1 Å². The van der Waals surface area contributed by atoms with Crippen LogP contribution in [0, 0.1) is 5.92 Å². The lowest BCUT2D eigenvalue weighted by molar-refractivity contribution is 0.319. The number of pyridine rings is 1. The topological polar surface area (TPSA) is 62.7 Å². The van der Waals surface area contributed by atoms with Crippen molar-refractivity contribution in [2.24, 2.45) is 5.92 Å². The van der Waals surface area contributed by atoms with Gasteiger partial charge in [0.2, 0.25) is 10.0 Å². The zero-order chi connectivity index (χ0) is 23.2. The summed E-state index contributed by atoms with van der Waals surface area (Å²) in [6.07, 6.45) is 5.40. The number of aromatic nitrogens is 1. The third-order valence-electron chi connectivity index (χ3n) is 6.73. The van der Waals surface area contributed by atoms with Gasteiger partial charge in [0, 0.05) is 47.7 Å². The first-order chi connectivity index (χ1) is 15.9. The number of nitrogens with zero attached hydrogens (tertiary/aromatic N) is 3. The summed E-state index contributed by atoms with van der Waals surface area (Å²) in [5.41, 5.74) is 2.33. The molecule has 0 N–H and O–H groups in total. The first-order valence-corrected chi connectivity index (χ1v) is 15.0. The Balaban J connectivity index is 1.42. The fourth-order valence-corrected chi connectivity index (χ4v) is 8.73. The van der Waals surface area contributed by atoms with Gasteiger partial charge in [-0.2, -0.15) is 16.1 Å². The molecule has 1 atom stereocenters. The van der Waals surface area contributed by atoms with Gasteiger partial charge >= 0.3 is 0 Å². The van der Waals surface area contributed by atoms with Crippen LogP contribution in [0.2, 0.25) is 5.02 Å². The third-order valence-corrected chi connectivity index (χ3v) is 10.8. The van der Waals surface area contributed by atoms with Crippen LogP contribution in [-0.2, 0) is 23.0 Å². The first-order valence-electron chi connectivity index (χ1n) is 11.2. The van der Waals surface area contributed by atoms with Gasteiger partial charge in [0.25, 0.3) is 0 Å². The van der Waals surface area contributed by atoms with E-state index in [1.165, 1.54) is 11.8 Å². The van der Waals surface area contributed by atoms with Crippen molar-refractivity contribution in [1.29, 1.82) is 0 Å². The molecule has 3 heterocycles. The van der Waals surface area contributed by atoms with Gasteiger partial charge in [-0.05, 0) is 61.1 Å². The van der Waals surface area contributed by atoms with Crippen LogP contribution in [0.4, 0.5) is 5.82 Å². The van der Waals surface area contributed by atoms with Crippen molar-refractivity contribution in [3.63, 3.8) is 0 Å².